The molecule has 2 N–H and O–H groups in total. The Hall–Kier alpha value is -1.25. The number of halogens is 2. The van der Waals surface area contributed by atoms with Gasteiger partial charge in [-0.2, -0.15) is 5.10 Å². The number of nitrogens with zero attached hydrogens (tertiary/aromatic N) is 1. The predicted molar refractivity (Wildman–Crippen MR) is 71.5 cm³/mol. The van der Waals surface area contributed by atoms with E-state index in [0.29, 0.717) is 10.2 Å². The fourth-order valence-electron chi connectivity index (χ4n) is 1.54. The summed E-state index contributed by atoms with van der Waals surface area (Å²) < 4.78 is 40.5. The Morgan fingerprint density at radius 1 is 1.47 bits per heavy atom. The minimum atomic E-state index is -3.70. The highest BCUT2D eigenvalue weighted by Gasteiger charge is 2.18. The molecule has 5 nitrogen and oxygen atoms in total. The molecule has 1 aromatic heterocycles. The first kappa shape index (κ1) is 14.2. The summed E-state index contributed by atoms with van der Waals surface area (Å²) in [5.41, 5.74) is 0.696. The van der Waals surface area contributed by atoms with Crippen molar-refractivity contribution in [3.05, 3.63) is 45.9 Å². The molecule has 0 bridgehead atoms. The van der Waals surface area contributed by atoms with Gasteiger partial charge in [0, 0.05) is 16.6 Å². The van der Waals surface area contributed by atoms with Gasteiger partial charge in [-0.1, -0.05) is 15.9 Å². The third-order valence-electron chi connectivity index (χ3n) is 2.53. The van der Waals surface area contributed by atoms with Crippen LogP contribution in [0.2, 0.25) is 0 Å². The van der Waals surface area contributed by atoms with Crippen LogP contribution in [-0.4, -0.2) is 18.6 Å². The van der Waals surface area contributed by atoms with Crippen LogP contribution in [0, 0.1) is 12.7 Å². The van der Waals surface area contributed by atoms with Crippen molar-refractivity contribution >= 4 is 26.0 Å². The lowest BCUT2D eigenvalue weighted by Crippen LogP contribution is -2.24. The van der Waals surface area contributed by atoms with Crippen molar-refractivity contribution in [2.24, 2.45) is 0 Å². The number of benzene rings is 1. The summed E-state index contributed by atoms with van der Waals surface area (Å²) in [7, 11) is -3.70. The molecule has 0 radical (unpaired) electrons. The number of H-pyrrole nitrogens is 1. The first-order valence-corrected chi connectivity index (χ1v) is 7.61. The number of nitrogens with one attached hydrogen (secondary N) is 2. The van der Waals surface area contributed by atoms with Gasteiger partial charge < -0.3 is 0 Å². The van der Waals surface area contributed by atoms with Gasteiger partial charge >= 0.3 is 0 Å². The van der Waals surface area contributed by atoms with Crippen molar-refractivity contribution in [1.82, 2.24) is 14.9 Å². The molecular weight excluding hydrogens is 337 g/mol. The van der Waals surface area contributed by atoms with Gasteiger partial charge in [-0.3, -0.25) is 5.10 Å². The molecule has 0 aliphatic heterocycles. The van der Waals surface area contributed by atoms with E-state index >= 15 is 0 Å². The molecule has 102 valence electrons. The van der Waals surface area contributed by atoms with E-state index < -0.39 is 15.8 Å². The Labute approximate surface area is 118 Å². The second-order valence-electron chi connectivity index (χ2n) is 3.92. The maximum absolute atomic E-state index is 13.5. The Kier molecular flexibility index (Phi) is 4.02. The van der Waals surface area contributed by atoms with Gasteiger partial charge in [0.25, 0.3) is 0 Å². The first-order valence-electron chi connectivity index (χ1n) is 5.34. The molecule has 0 fully saturated rings. The van der Waals surface area contributed by atoms with E-state index in [4.69, 9.17) is 0 Å². The maximum atomic E-state index is 13.5. The summed E-state index contributed by atoms with van der Waals surface area (Å²) in [5.74, 6) is -0.463. The Morgan fingerprint density at radius 2 is 2.21 bits per heavy atom. The molecule has 2 aromatic rings. The zero-order chi connectivity index (χ0) is 14.0. The van der Waals surface area contributed by atoms with Crippen LogP contribution < -0.4 is 4.72 Å². The molecule has 1 heterocycles. The van der Waals surface area contributed by atoms with Gasteiger partial charge in [-0.15, -0.1) is 0 Å². The van der Waals surface area contributed by atoms with Crippen LogP contribution in [-0.2, 0) is 16.6 Å². The average Bonchev–Trinajstić information content (AvgIpc) is 2.78. The van der Waals surface area contributed by atoms with Gasteiger partial charge in [-0.25, -0.2) is 17.5 Å². The lowest BCUT2D eigenvalue weighted by molar-refractivity contribution is 0.574. The molecular formula is C11H11BrFN3O2S. The standard InChI is InChI=1S/C11H11BrFN3O2S/c1-7-11(6-14-16-7)19(17,18)15-5-8-4-9(12)2-3-10(8)13/h2-4,6,15H,5H2,1H3,(H,14,16). The Morgan fingerprint density at radius 3 is 2.84 bits per heavy atom. The number of aryl methyl sites for hydroxylation is 1. The van der Waals surface area contributed by atoms with Gasteiger partial charge in [0.05, 0.1) is 11.9 Å². The van der Waals surface area contributed by atoms with E-state index in [-0.39, 0.29) is 17.0 Å². The minimum absolute atomic E-state index is 0.0582. The normalized spacial score (nSPS) is 11.7. The number of sulfonamides is 1. The van der Waals surface area contributed by atoms with E-state index in [1.54, 1.807) is 13.0 Å². The van der Waals surface area contributed by atoms with Crippen LogP contribution in [0.5, 0.6) is 0 Å². The fourth-order valence-corrected chi connectivity index (χ4v) is 3.09. The summed E-state index contributed by atoms with van der Waals surface area (Å²) in [5, 5.41) is 6.19. The van der Waals surface area contributed by atoms with Crippen LogP contribution in [0.3, 0.4) is 0 Å². The number of aromatic nitrogens is 2. The average molecular weight is 348 g/mol. The second-order valence-corrected chi connectivity index (χ2v) is 6.57. The lowest BCUT2D eigenvalue weighted by atomic mass is 10.2. The minimum Gasteiger partial charge on any atom is -0.281 e. The molecule has 0 saturated heterocycles. The lowest BCUT2D eigenvalue weighted by Gasteiger charge is -2.07. The second kappa shape index (κ2) is 5.40. The van der Waals surface area contributed by atoms with Gasteiger partial charge in [0.2, 0.25) is 10.0 Å². The SMILES string of the molecule is Cc1[nH]ncc1S(=O)(=O)NCc1cc(Br)ccc1F. The monoisotopic (exact) mass is 347 g/mol. The molecule has 2 rings (SSSR count). The Bertz CT molecular complexity index is 700. The highest BCUT2D eigenvalue weighted by Crippen LogP contribution is 2.17. The first-order chi connectivity index (χ1) is 8.90. The topological polar surface area (TPSA) is 74.8 Å². The summed E-state index contributed by atoms with van der Waals surface area (Å²) in [6, 6.07) is 4.35. The van der Waals surface area contributed by atoms with Crippen LogP contribution in [0.15, 0.2) is 33.8 Å². The van der Waals surface area contributed by atoms with Crippen molar-refractivity contribution < 1.29 is 12.8 Å². The maximum Gasteiger partial charge on any atom is 0.244 e. The molecule has 0 spiro atoms. The smallest absolute Gasteiger partial charge is 0.244 e. The van der Waals surface area contributed by atoms with Crippen LogP contribution >= 0.6 is 15.9 Å². The molecule has 0 unspecified atom stereocenters. The molecule has 8 heteroatoms. The number of hydrogen-bond acceptors (Lipinski definition) is 3. The third kappa shape index (κ3) is 3.20. The third-order valence-corrected chi connectivity index (χ3v) is 4.54. The van der Waals surface area contributed by atoms with E-state index in [0.717, 1.165) is 0 Å². The molecule has 1 aromatic carbocycles. The van der Waals surface area contributed by atoms with Gasteiger partial charge in [-0.05, 0) is 25.1 Å². The van der Waals surface area contributed by atoms with Crippen LogP contribution in [0.1, 0.15) is 11.3 Å². The molecule has 0 aliphatic carbocycles. The summed E-state index contributed by atoms with van der Waals surface area (Å²) in [6.45, 7) is 1.47. The molecule has 0 amide bonds. The van der Waals surface area contributed by atoms with Crippen molar-refractivity contribution in [2.45, 2.75) is 18.4 Å². The molecule has 19 heavy (non-hydrogen) atoms. The van der Waals surface area contributed by atoms with Crippen molar-refractivity contribution in [2.75, 3.05) is 0 Å². The highest BCUT2D eigenvalue weighted by atomic mass is 79.9. The largest absolute Gasteiger partial charge is 0.281 e. The number of hydrogen-bond donors (Lipinski definition) is 2. The van der Waals surface area contributed by atoms with Crippen LogP contribution in [0.4, 0.5) is 4.39 Å². The van der Waals surface area contributed by atoms with Crippen molar-refractivity contribution in [1.29, 1.82) is 0 Å². The van der Waals surface area contributed by atoms with Crippen molar-refractivity contribution in [3.63, 3.8) is 0 Å². The highest BCUT2D eigenvalue weighted by molar-refractivity contribution is 9.10. The summed E-state index contributed by atoms with van der Waals surface area (Å²) in [6.07, 6.45) is 1.22. The van der Waals surface area contributed by atoms with E-state index in [9.17, 15) is 12.8 Å². The summed E-state index contributed by atoms with van der Waals surface area (Å²) >= 11 is 3.21. The fraction of sp³-hybridized carbons (Fsp3) is 0.182. The number of rotatable bonds is 4. The van der Waals surface area contributed by atoms with Crippen LogP contribution in [0.25, 0.3) is 0 Å². The number of aromatic amines is 1. The molecule has 0 aliphatic rings. The quantitative estimate of drug-likeness (QED) is 0.889. The zero-order valence-electron chi connectivity index (χ0n) is 9.94. The molecule has 0 atom stereocenters. The summed E-state index contributed by atoms with van der Waals surface area (Å²) in [4.78, 5) is 0.0582. The predicted octanol–water partition coefficient (Wildman–Crippen LogP) is 2.10. The van der Waals surface area contributed by atoms with E-state index in [1.807, 2.05) is 0 Å². The van der Waals surface area contributed by atoms with Gasteiger partial charge in [0.1, 0.15) is 10.7 Å². The Balaban J connectivity index is 2.19. The van der Waals surface area contributed by atoms with E-state index in [2.05, 4.69) is 30.8 Å². The zero-order valence-corrected chi connectivity index (χ0v) is 12.3. The molecule has 0 saturated carbocycles. The van der Waals surface area contributed by atoms with Crippen molar-refractivity contribution in [3.8, 4) is 0 Å². The van der Waals surface area contributed by atoms with E-state index in [1.165, 1.54) is 18.3 Å². The van der Waals surface area contributed by atoms with Gasteiger partial charge in [0.15, 0.2) is 0 Å².